The second-order valence-electron chi connectivity index (χ2n) is 8.41. The van der Waals surface area contributed by atoms with Crippen LogP contribution in [-0.2, 0) is 16.0 Å². The molecule has 4 rings (SSSR count). The molecule has 1 heterocycles. The summed E-state index contributed by atoms with van der Waals surface area (Å²) in [5.74, 6) is 0.00912. The Balaban J connectivity index is 1.40. The number of hydrogen-bond donors (Lipinski definition) is 2. The molecule has 3 unspecified atom stereocenters. The molecule has 33 heavy (non-hydrogen) atoms. The molecule has 1 aliphatic heterocycles. The van der Waals surface area contributed by atoms with E-state index in [1.165, 1.54) is 19.8 Å². The average molecular weight is 452 g/mol. The number of hydrogen-bond acceptors (Lipinski definition) is 5. The van der Waals surface area contributed by atoms with E-state index in [4.69, 9.17) is 9.47 Å². The van der Waals surface area contributed by atoms with E-state index in [2.05, 4.69) is 10.6 Å². The van der Waals surface area contributed by atoms with Crippen molar-refractivity contribution < 1.29 is 23.9 Å². The highest BCUT2D eigenvalue weighted by atomic mass is 16.5. The fourth-order valence-corrected chi connectivity index (χ4v) is 4.67. The van der Waals surface area contributed by atoms with Crippen LogP contribution in [0, 0.1) is 11.8 Å². The van der Waals surface area contributed by atoms with E-state index in [0.717, 1.165) is 11.3 Å². The third-order valence-electron chi connectivity index (χ3n) is 6.45. The highest BCUT2D eigenvalue weighted by Crippen LogP contribution is 2.38. The van der Waals surface area contributed by atoms with Crippen LogP contribution in [0.4, 0.5) is 10.5 Å². The molecular weight excluding hydrogens is 422 g/mol. The minimum Gasteiger partial charge on any atom is -0.497 e. The molecule has 2 N–H and O–H groups in total. The SMILES string of the molecule is COc1ccc(OC)c(N2C(=O)NC3CC(C(=O)NCCc4ccccc4)CCC3C2=O)c1. The van der Waals surface area contributed by atoms with Crippen molar-refractivity contribution in [2.45, 2.75) is 31.7 Å². The summed E-state index contributed by atoms with van der Waals surface area (Å²) in [7, 11) is 3.01. The highest BCUT2D eigenvalue weighted by Gasteiger charge is 2.46. The molecule has 2 aliphatic rings. The standard InChI is InChI=1S/C25H29N3O5/c1-32-18-9-11-22(33-2)21(15-18)28-24(30)19-10-8-17(14-20(19)27-25(28)31)23(29)26-13-12-16-6-4-3-5-7-16/h3-7,9,11,15,17,19-20H,8,10,12-14H2,1-2H3,(H,26,29)(H,27,31). The molecule has 2 aromatic rings. The van der Waals surface area contributed by atoms with E-state index in [0.29, 0.717) is 43.0 Å². The van der Waals surface area contributed by atoms with Gasteiger partial charge in [-0.15, -0.1) is 0 Å². The molecule has 3 atom stereocenters. The molecule has 1 saturated heterocycles. The predicted octanol–water partition coefficient (Wildman–Crippen LogP) is 2.90. The topological polar surface area (TPSA) is 97.0 Å². The Morgan fingerprint density at radius 2 is 1.88 bits per heavy atom. The summed E-state index contributed by atoms with van der Waals surface area (Å²) in [4.78, 5) is 40.1. The first-order chi connectivity index (χ1) is 16.0. The minimum atomic E-state index is -0.516. The molecule has 1 saturated carbocycles. The van der Waals surface area contributed by atoms with Gasteiger partial charge in [0, 0.05) is 24.6 Å². The Labute approximate surface area is 193 Å². The zero-order valence-electron chi connectivity index (χ0n) is 18.9. The van der Waals surface area contributed by atoms with Crippen LogP contribution >= 0.6 is 0 Å². The van der Waals surface area contributed by atoms with E-state index >= 15 is 0 Å². The Morgan fingerprint density at radius 3 is 2.61 bits per heavy atom. The fourth-order valence-electron chi connectivity index (χ4n) is 4.67. The van der Waals surface area contributed by atoms with Crippen LogP contribution in [0.3, 0.4) is 0 Å². The normalized spacial score (nSPS) is 22.2. The third kappa shape index (κ3) is 4.79. The zero-order chi connectivity index (χ0) is 23.4. The van der Waals surface area contributed by atoms with Gasteiger partial charge >= 0.3 is 6.03 Å². The van der Waals surface area contributed by atoms with Crippen LogP contribution in [0.2, 0.25) is 0 Å². The van der Waals surface area contributed by atoms with E-state index in [-0.39, 0.29) is 29.7 Å². The molecule has 2 fully saturated rings. The van der Waals surface area contributed by atoms with E-state index < -0.39 is 6.03 Å². The molecule has 0 bridgehead atoms. The number of carbonyl (C=O) groups is 3. The Hall–Kier alpha value is -3.55. The molecule has 0 radical (unpaired) electrons. The monoisotopic (exact) mass is 451 g/mol. The van der Waals surface area contributed by atoms with Gasteiger partial charge in [0.15, 0.2) is 0 Å². The number of fused-ring (bicyclic) bond motifs is 1. The number of amides is 4. The number of nitrogens with zero attached hydrogens (tertiary/aromatic N) is 1. The number of imide groups is 1. The van der Waals surface area contributed by atoms with Crippen LogP contribution in [0.25, 0.3) is 0 Å². The van der Waals surface area contributed by atoms with Crippen LogP contribution < -0.4 is 25.0 Å². The van der Waals surface area contributed by atoms with Gasteiger partial charge in [0.1, 0.15) is 11.5 Å². The van der Waals surface area contributed by atoms with Crippen molar-refractivity contribution in [3.63, 3.8) is 0 Å². The van der Waals surface area contributed by atoms with Crippen LogP contribution in [0.5, 0.6) is 11.5 Å². The Kier molecular flexibility index (Phi) is 6.82. The molecule has 0 aromatic heterocycles. The molecule has 4 amide bonds. The van der Waals surface area contributed by atoms with Gasteiger partial charge in [0.05, 0.1) is 25.8 Å². The van der Waals surface area contributed by atoms with E-state index in [1.807, 2.05) is 30.3 Å². The van der Waals surface area contributed by atoms with Gasteiger partial charge in [-0.25, -0.2) is 9.69 Å². The Morgan fingerprint density at radius 1 is 1.09 bits per heavy atom. The summed E-state index contributed by atoms with van der Waals surface area (Å²) in [6, 6.07) is 14.1. The maximum absolute atomic E-state index is 13.3. The Bertz CT molecular complexity index is 1030. The molecule has 174 valence electrons. The second-order valence-corrected chi connectivity index (χ2v) is 8.41. The number of rotatable bonds is 7. The molecule has 2 aromatic carbocycles. The molecule has 1 aliphatic carbocycles. The van der Waals surface area contributed by atoms with Crippen molar-refractivity contribution in [2.75, 3.05) is 25.7 Å². The molecular formula is C25H29N3O5. The van der Waals surface area contributed by atoms with Crippen LogP contribution in [-0.4, -0.2) is 44.7 Å². The number of nitrogens with one attached hydrogen (secondary N) is 2. The van der Waals surface area contributed by atoms with Gasteiger partial charge in [-0.2, -0.15) is 0 Å². The molecule has 8 nitrogen and oxygen atoms in total. The van der Waals surface area contributed by atoms with Crippen molar-refractivity contribution in [1.82, 2.24) is 10.6 Å². The lowest BCUT2D eigenvalue weighted by Crippen LogP contribution is -2.62. The second kappa shape index (κ2) is 9.94. The van der Waals surface area contributed by atoms with Gasteiger partial charge in [0.25, 0.3) is 0 Å². The van der Waals surface area contributed by atoms with Gasteiger partial charge in [-0.05, 0) is 43.4 Å². The van der Waals surface area contributed by atoms with Gasteiger partial charge < -0.3 is 20.1 Å². The van der Waals surface area contributed by atoms with E-state index in [9.17, 15) is 14.4 Å². The van der Waals surface area contributed by atoms with Crippen molar-refractivity contribution in [3.8, 4) is 11.5 Å². The molecule has 8 heteroatoms. The number of ether oxygens (including phenoxy) is 2. The van der Waals surface area contributed by atoms with E-state index in [1.54, 1.807) is 18.2 Å². The number of urea groups is 1. The summed E-state index contributed by atoms with van der Waals surface area (Å²) in [5, 5.41) is 5.95. The first-order valence-corrected chi connectivity index (χ1v) is 11.2. The number of methoxy groups -OCH3 is 2. The molecule has 0 spiro atoms. The average Bonchev–Trinajstić information content (AvgIpc) is 2.84. The summed E-state index contributed by atoms with van der Waals surface area (Å²) >= 11 is 0. The predicted molar refractivity (Wildman–Crippen MR) is 123 cm³/mol. The van der Waals surface area contributed by atoms with Crippen molar-refractivity contribution >= 4 is 23.5 Å². The quantitative estimate of drug-likeness (QED) is 0.675. The largest absolute Gasteiger partial charge is 0.497 e. The highest BCUT2D eigenvalue weighted by molar-refractivity contribution is 6.18. The van der Waals surface area contributed by atoms with Crippen molar-refractivity contribution in [3.05, 3.63) is 54.1 Å². The lowest BCUT2D eigenvalue weighted by atomic mass is 9.76. The fraction of sp³-hybridized carbons (Fsp3) is 0.400. The summed E-state index contributed by atoms with van der Waals surface area (Å²) in [6.07, 6.45) is 2.34. The maximum Gasteiger partial charge on any atom is 0.329 e. The van der Waals surface area contributed by atoms with Gasteiger partial charge in [-0.1, -0.05) is 30.3 Å². The van der Waals surface area contributed by atoms with Crippen molar-refractivity contribution in [1.29, 1.82) is 0 Å². The minimum absolute atomic E-state index is 0.0250. The van der Waals surface area contributed by atoms with Crippen molar-refractivity contribution in [2.24, 2.45) is 11.8 Å². The maximum atomic E-state index is 13.3. The smallest absolute Gasteiger partial charge is 0.329 e. The number of benzene rings is 2. The third-order valence-corrected chi connectivity index (χ3v) is 6.45. The van der Waals surface area contributed by atoms with Gasteiger partial charge in [0.2, 0.25) is 11.8 Å². The zero-order valence-corrected chi connectivity index (χ0v) is 18.9. The summed E-state index contributed by atoms with van der Waals surface area (Å²) < 4.78 is 10.6. The van der Waals surface area contributed by atoms with Gasteiger partial charge in [-0.3, -0.25) is 9.59 Å². The van der Waals surface area contributed by atoms with Crippen LogP contribution in [0.1, 0.15) is 24.8 Å². The number of carbonyl (C=O) groups excluding carboxylic acids is 3. The summed E-state index contributed by atoms with van der Waals surface area (Å²) in [6.45, 7) is 0.558. The van der Waals surface area contributed by atoms with Crippen LogP contribution in [0.15, 0.2) is 48.5 Å². The number of anilines is 1. The lowest BCUT2D eigenvalue weighted by Gasteiger charge is -2.42. The lowest BCUT2D eigenvalue weighted by molar-refractivity contribution is -0.130. The first kappa shape index (κ1) is 22.6. The summed E-state index contributed by atoms with van der Waals surface area (Å²) in [5.41, 5.74) is 1.51. The first-order valence-electron chi connectivity index (χ1n) is 11.2.